The highest BCUT2D eigenvalue weighted by atomic mass is 16.5. The molecule has 1 unspecified atom stereocenters. The van der Waals surface area contributed by atoms with Crippen LogP contribution in [0.1, 0.15) is 86.0 Å². The number of carbonyl (C=O) groups is 2. The highest BCUT2D eigenvalue weighted by Gasteiger charge is 2.25. The van der Waals surface area contributed by atoms with Crippen molar-refractivity contribution < 1.29 is 14.3 Å². The lowest BCUT2D eigenvalue weighted by molar-refractivity contribution is -0.140. The van der Waals surface area contributed by atoms with Gasteiger partial charge in [0.2, 0.25) is 0 Å². The summed E-state index contributed by atoms with van der Waals surface area (Å²) in [6, 6.07) is 0. The Morgan fingerprint density at radius 2 is 1.62 bits per heavy atom. The van der Waals surface area contributed by atoms with Crippen molar-refractivity contribution in [3.8, 4) is 0 Å². The molecule has 26 heavy (non-hydrogen) atoms. The summed E-state index contributed by atoms with van der Waals surface area (Å²) in [5.41, 5.74) is -0.218. The Balaban J connectivity index is 4.52. The van der Waals surface area contributed by atoms with Crippen molar-refractivity contribution in [1.29, 1.82) is 0 Å². The molecule has 4 nitrogen and oxygen atoms in total. The number of hydrogen-bond acceptors (Lipinski definition) is 3. The zero-order chi connectivity index (χ0) is 20.2. The Hall–Kier alpha value is -1.58. The van der Waals surface area contributed by atoms with Crippen molar-refractivity contribution in [3.63, 3.8) is 0 Å². The third kappa shape index (κ3) is 9.79. The van der Waals surface area contributed by atoms with E-state index in [0.29, 0.717) is 12.5 Å². The van der Waals surface area contributed by atoms with E-state index in [1.807, 2.05) is 13.8 Å². The molecule has 0 aliphatic carbocycles. The molecule has 0 aliphatic heterocycles. The van der Waals surface area contributed by atoms with Crippen LogP contribution in [0.4, 0.5) is 0 Å². The maximum absolute atomic E-state index is 12.4. The molecule has 0 aliphatic rings. The SMILES string of the molecule is C=C(C(=C)C(=O)OCC(CC)CCCC)C(=O)NC(C)(C)CCCCC. The minimum atomic E-state index is -0.552. The maximum atomic E-state index is 12.4. The predicted octanol–water partition coefficient (Wildman–Crippen LogP) is 5.33. The van der Waals surface area contributed by atoms with Gasteiger partial charge in [-0.2, -0.15) is 0 Å². The number of rotatable bonds is 14. The summed E-state index contributed by atoms with van der Waals surface area (Å²) in [5.74, 6) is -0.554. The van der Waals surface area contributed by atoms with Gasteiger partial charge in [0.05, 0.1) is 12.2 Å². The fraction of sp³-hybridized carbons (Fsp3) is 0.727. The summed E-state index contributed by atoms with van der Waals surface area (Å²) >= 11 is 0. The minimum absolute atomic E-state index is 0.0391. The smallest absolute Gasteiger partial charge is 0.338 e. The van der Waals surface area contributed by atoms with Gasteiger partial charge in [-0.25, -0.2) is 4.79 Å². The summed E-state index contributed by atoms with van der Waals surface area (Å²) in [5, 5.41) is 2.95. The van der Waals surface area contributed by atoms with E-state index in [4.69, 9.17) is 4.74 Å². The molecule has 0 fully saturated rings. The van der Waals surface area contributed by atoms with Crippen LogP contribution in [0.3, 0.4) is 0 Å². The van der Waals surface area contributed by atoms with E-state index in [9.17, 15) is 9.59 Å². The van der Waals surface area contributed by atoms with Crippen molar-refractivity contribution in [3.05, 3.63) is 24.3 Å². The molecule has 150 valence electrons. The van der Waals surface area contributed by atoms with Crippen LogP contribution in [0.15, 0.2) is 24.3 Å². The highest BCUT2D eigenvalue weighted by Crippen LogP contribution is 2.18. The normalized spacial score (nSPS) is 12.3. The molecule has 0 saturated carbocycles. The lowest BCUT2D eigenvalue weighted by atomic mass is 9.95. The van der Waals surface area contributed by atoms with Gasteiger partial charge in [-0.3, -0.25) is 4.79 Å². The van der Waals surface area contributed by atoms with E-state index >= 15 is 0 Å². The number of amides is 1. The fourth-order valence-electron chi connectivity index (χ4n) is 2.70. The van der Waals surface area contributed by atoms with Gasteiger partial charge in [-0.05, 0) is 32.6 Å². The highest BCUT2D eigenvalue weighted by molar-refractivity contribution is 6.08. The van der Waals surface area contributed by atoms with Crippen molar-refractivity contribution in [1.82, 2.24) is 5.32 Å². The summed E-state index contributed by atoms with van der Waals surface area (Å²) < 4.78 is 5.36. The monoisotopic (exact) mass is 365 g/mol. The Bertz CT molecular complexity index is 480. The quantitative estimate of drug-likeness (QED) is 0.196. The first-order chi connectivity index (χ1) is 12.2. The maximum Gasteiger partial charge on any atom is 0.338 e. The van der Waals surface area contributed by atoms with Crippen LogP contribution in [-0.2, 0) is 14.3 Å². The second-order valence-electron chi connectivity index (χ2n) is 7.77. The first kappa shape index (κ1) is 24.4. The van der Waals surface area contributed by atoms with Gasteiger partial charge in [-0.1, -0.05) is 72.5 Å². The Morgan fingerprint density at radius 3 is 2.15 bits per heavy atom. The standard InChI is InChI=1S/C22H39NO3/c1-8-11-13-15-22(6,7)23-20(24)17(4)18(5)21(25)26-16-19(10-3)14-12-9-2/h19H,4-5,8-16H2,1-3,6-7H3,(H,23,24). The zero-order valence-electron chi connectivity index (χ0n) is 17.6. The van der Waals surface area contributed by atoms with Crippen LogP contribution in [0.25, 0.3) is 0 Å². The van der Waals surface area contributed by atoms with Gasteiger partial charge in [0.25, 0.3) is 5.91 Å². The summed E-state index contributed by atoms with van der Waals surface area (Å²) in [6.45, 7) is 18.2. The first-order valence-corrected chi connectivity index (χ1v) is 10.1. The molecule has 0 radical (unpaired) electrons. The van der Waals surface area contributed by atoms with Gasteiger partial charge < -0.3 is 10.1 Å². The molecule has 0 saturated heterocycles. The van der Waals surface area contributed by atoms with E-state index in [1.165, 1.54) is 0 Å². The average Bonchev–Trinajstić information content (AvgIpc) is 2.59. The topological polar surface area (TPSA) is 55.4 Å². The van der Waals surface area contributed by atoms with Crippen molar-refractivity contribution in [2.24, 2.45) is 5.92 Å². The van der Waals surface area contributed by atoms with E-state index in [1.54, 1.807) is 0 Å². The lowest BCUT2D eigenvalue weighted by Gasteiger charge is -2.27. The summed E-state index contributed by atoms with van der Waals surface area (Å²) in [6.07, 6.45) is 8.46. The van der Waals surface area contributed by atoms with E-state index in [2.05, 4.69) is 39.2 Å². The second-order valence-corrected chi connectivity index (χ2v) is 7.77. The molecule has 1 amide bonds. The van der Waals surface area contributed by atoms with Gasteiger partial charge in [0, 0.05) is 11.1 Å². The van der Waals surface area contributed by atoms with Crippen LogP contribution >= 0.6 is 0 Å². The lowest BCUT2D eigenvalue weighted by Crippen LogP contribution is -2.44. The molecule has 0 aromatic carbocycles. The van der Waals surface area contributed by atoms with E-state index in [-0.39, 0.29) is 22.6 Å². The number of hydrogen-bond donors (Lipinski definition) is 1. The number of esters is 1. The van der Waals surface area contributed by atoms with Crippen molar-refractivity contribution in [2.75, 3.05) is 6.61 Å². The Labute approximate surface area is 160 Å². The van der Waals surface area contributed by atoms with Gasteiger partial charge in [0.1, 0.15) is 0 Å². The van der Waals surface area contributed by atoms with Crippen LogP contribution in [0.2, 0.25) is 0 Å². The third-order valence-corrected chi connectivity index (χ3v) is 4.74. The van der Waals surface area contributed by atoms with Crippen LogP contribution in [-0.4, -0.2) is 24.0 Å². The number of unbranched alkanes of at least 4 members (excludes halogenated alkanes) is 3. The molecule has 0 aromatic rings. The fourth-order valence-corrected chi connectivity index (χ4v) is 2.70. The molecule has 0 bridgehead atoms. The largest absolute Gasteiger partial charge is 0.462 e. The minimum Gasteiger partial charge on any atom is -0.462 e. The van der Waals surface area contributed by atoms with E-state index in [0.717, 1.165) is 51.4 Å². The second kappa shape index (κ2) is 12.7. The van der Waals surface area contributed by atoms with Gasteiger partial charge in [0.15, 0.2) is 0 Å². The van der Waals surface area contributed by atoms with Gasteiger partial charge in [-0.15, -0.1) is 0 Å². The molecular formula is C22H39NO3. The first-order valence-electron chi connectivity index (χ1n) is 10.1. The average molecular weight is 366 g/mol. The number of nitrogens with one attached hydrogen (secondary N) is 1. The molecular weight excluding hydrogens is 326 g/mol. The van der Waals surface area contributed by atoms with Gasteiger partial charge >= 0.3 is 5.97 Å². The summed E-state index contributed by atoms with van der Waals surface area (Å²) in [4.78, 5) is 24.6. The van der Waals surface area contributed by atoms with E-state index < -0.39 is 5.97 Å². The number of ether oxygens (including phenoxy) is 1. The molecule has 1 atom stereocenters. The molecule has 4 heteroatoms. The third-order valence-electron chi connectivity index (χ3n) is 4.74. The Kier molecular flexibility index (Phi) is 11.9. The molecule has 0 heterocycles. The van der Waals surface area contributed by atoms with Crippen LogP contribution in [0.5, 0.6) is 0 Å². The molecule has 0 rings (SSSR count). The number of carbonyl (C=O) groups excluding carboxylic acids is 2. The van der Waals surface area contributed by atoms with Crippen molar-refractivity contribution in [2.45, 2.75) is 91.5 Å². The van der Waals surface area contributed by atoms with Crippen LogP contribution < -0.4 is 5.32 Å². The Morgan fingerprint density at radius 1 is 1.00 bits per heavy atom. The molecule has 1 N–H and O–H groups in total. The molecule has 0 aromatic heterocycles. The van der Waals surface area contributed by atoms with Crippen molar-refractivity contribution >= 4 is 11.9 Å². The zero-order valence-corrected chi connectivity index (χ0v) is 17.6. The predicted molar refractivity (Wildman–Crippen MR) is 109 cm³/mol. The van der Waals surface area contributed by atoms with Crippen LogP contribution in [0, 0.1) is 5.92 Å². The molecule has 0 spiro atoms. The summed E-state index contributed by atoms with van der Waals surface area (Å²) in [7, 11) is 0.